The first kappa shape index (κ1) is 19.4. The molecule has 1 heterocycles. The number of hydrogen-bond donors (Lipinski definition) is 0. The molecular formula is C22H27ClN2O3. The van der Waals surface area contributed by atoms with E-state index in [4.69, 9.17) is 11.6 Å². The molecule has 0 spiro atoms. The van der Waals surface area contributed by atoms with Crippen LogP contribution in [0.4, 0.5) is 4.79 Å². The van der Waals surface area contributed by atoms with E-state index in [0.29, 0.717) is 17.4 Å². The van der Waals surface area contributed by atoms with Gasteiger partial charge in [0.15, 0.2) is 0 Å². The van der Waals surface area contributed by atoms with Crippen LogP contribution < -0.4 is 0 Å². The fourth-order valence-electron chi connectivity index (χ4n) is 5.62. The first-order valence-corrected chi connectivity index (χ1v) is 10.4. The van der Waals surface area contributed by atoms with E-state index in [9.17, 15) is 14.4 Å². The van der Waals surface area contributed by atoms with Gasteiger partial charge >= 0.3 is 6.03 Å². The van der Waals surface area contributed by atoms with E-state index in [0.717, 1.165) is 24.8 Å². The van der Waals surface area contributed by atoms with Gasteiger partial charge in [0, 0.05) is 17.6 Å². The highest BCUT2D eigenvalue weighted by Gasteiger charge is 2.64. The summed E-state index contributed by atoms with van der Waals surface area (Å²) in [6.07, 6.45) is 3.34. The Bertz CT molecular complexity index is 835. The number of fused-ring (bicyclic) bond motifs is 2. The van der Waals surface area contributed by atoms with Crippen molar-refractivity contribution >= 4 is 29.4 Å². The fourth-order valence-corrected chi connectivity index (χ4v) is 5.75. The van der Waals surface area contributed by atoms with Crippen LogP contribution in [0.1, 0.15) is 52.0 Å². The Kier molecular flexibility index (Phi) is 4.57. The number of nitrogens with zero attached hydrogens (tertiary/aromatic N) is 2. The highest BCUT2D eigenvalue weighted by molar-refractivity contribution is 6.30. The quantitative estimate of drug-likeness (QED) is 0.706. The van der Waals surface area contributed by atoms with Crippen LogP contribution in [0.15, 0.2) is 24.3 Å². The van der Waals surface area contributed by atoms with Crippen molar-refractivity contribution in [1.82, 2.24) is 9.80 Å². The molecule has 4 rings (SSSR count). The molecular weight excluding hydrogens is 376 g/mol. The molecule has 0 aromatic heterocycles. The summed E-state index contributed by atoms with van der Waals surface area (Å²) < 4.78 is 0. The number of imide groups is 2. The number of halogens is 1. The van der Waals surface area contributed by atoms with Gasteiger partial charge in [0.25, 0.3) is 0 Å². The van der Waals surface area contributed by atoms with E-state index in [1.165, 1.54) is 9.80 Å². The summed E-state index contributed by atoms with van der Waals surface area (Å²) in [7, 11) is 0. The molecule has 2 saturated carbocycles. The molecule has 28 heavy (non-hydrogen) atoms. The Morgan fingerprint density at radius 1 is 1.07 bits per heavy atom. The van der Waals surface area contributed by atoms with Crippen LogP contribution in [0.25, 0.3) is 0 Å². The minimum atomic E-state index is -0.440. The predicted octanol–water partition coefficient (Wildman–Crippen LogP) is 4.28. The van der Waals surface area contributed by atoms with Crippen molar-refractivity contribution < 1.29 is 14.4 Å². The van der Waals surface area contributed by atoms with Gasteiger partial charge in [-0.3, -0.25) is 19.4 Å². The lowest BCUT2D eigenvalue weighted by molar-refractivity contribution is -0.146. The van der Waals surface area contributed by atoms with E-state index < -0.39 is 11.9 Å². The van der Waals surface area contributed by atoms with Gasteiger partial charge in [-0.15, -0.1) is 0 Å². The maximum absolute atomic E-state index is 13.2. The molecule has 0 unspecified atom stereocenters. The number of rotatable bonds is 4. The molecule has 1 aromatic rings. The number of barbiturate groups is 1. The monoisotopic (exact) mass is 402 g/mol. The molecule has 2 bridgehead atoms. The summed E-state index contributed by atoms with van der Waals surface area (Å²) in [6, 6.07) is 6.82. The van der Waals surface area contributed by atoms with Crippen LogP contribution in [-0.2, 0) is 16.0 Å². The number of benzene rings is 1. The number of amides is 4. The van der Waals surface area contributed by atoms with Crippen molar-refractivity contribution in [2.75, 3.05) is 6.54 Å². The largest absolute Gasteiger partial charge is 0.333 e. The van der Waals surface area contributed by atoms with Crippen LogP contribution in [0.3, 0.4) is 0 Å². The van der Waals surface area contributed by atoms with Crippen LogP contribution in [0.2, 0.25) is 5.02 Å². The lowest BCUT2D eigenvalue weighted by Gasteiger charge is -2.46. The molecule has 150 valence electrons. The SMILES string of the molecule is CC1(C)[C@@H]2CC[C@@]1(C)[C@@H](N1C(=O)CC(=O)N(CCc3ccc(Cl)cc3)C1=O)C2. The Hall–Kier alpha value is -1.88. The number of urea groups is 1. The topological polar surface area (TPSA) is 57.7 Å². The van der Waals surface area contributed by atoms with Crippen molar-refractivity contribution in [1.29, 1.82) is 0 Å². The summed E-state index contributed by atoms with van der Waals surface area (Å²) >= 11 is 5.92. The second-order valence-electron chi connectivity index (χ2n) is 9.27. The summed E-state index contributed by atoms with van der Waals surface area (Å²) in [4.78, 5) is 41.1. The highest BCUT2D eigenvalue weighted by atomic mass is 35.5. The van der Waals surface area contributed by atoms with Crippen molar-refractivity contribution in [3.63, 3.8) is 0 Å². The zero-order valence-corrected chi connectivity index (χ0v) is 17.5. The summed E-state index contributed by atoms with van der Waals surface area (Å²) in [5.41, 5.74) is 1.00. The first-order chi connectivity index (χ1) is 13.1. The Balaban J connectivity index is 1.54. The summed E-state index contributed by atoms with van der Waals surface area (Å²) in [5, 5.41) is 0.651. The normalized spacial score (nSPS) is 31.8. The molecule has 5 nitrogen and oxygen atoms in total. The molecule has 1 aromatic carbocycles. The average Bonchev–Trinajstić information content (AvgIpc) is 2.96. The van der Waals surface area contributed by atoms with E-state index in [1.807, 2.05) is 12.1 Å². The molecule has 1 aliphatic heterocycles. The highest BCUT2D eigenvalue weighted by Crippen LogP contribution is 2.66. The lowest BCUT2D eigenvalue weighted by atomic mass is 9.68. The molecule has 0 N–H and O–H groups in total. The third-order valence-electron chi connectivity index (χ3n) is 7.91. The molecule has 0 radical (unpaired) electrons. The second-order valence-corrected chi connectivity index (χ2v) is 9.71. The van der Waals surface area contributed by atoms with Crippen LogP contribution >= 0.6 is 11.6 Å². The number of carbonyl (C=O) groups is 3. The molecule has 3 aliphatic rings. The van der Waals surface area contributed by atoms with Gasteiger partial charge < -0.3 is 0 Å². The van der Waals surface area contributed by atoms with Gasteiger partial charge in [0.2, 0.25) is 11.8 Å². The van der Waals surface area contributed by atoms with Crippen LogP contribution in [-0.4, -0.2) is 40.2 Å². The first-order valence-electron chi connectivity index (χ1n) is 10.1. The van der Waals surface area contributed by atoms with E-state index >= 15 is 0 Å². The van der Waals surface area contributed by atoms with Crippen LogP contribution in [0.5, 0.6) is 0 Å². The van der Waals surface area contributed by atoms with Crippen molar-refractivity contribution in [2.24, 2.45) is 16.7 Å². The van der Waals surface area contributed by atoms with Crippen molar-refractivity contribution in [2.45, 2.75) is 58.9 Å². The molecule has 1 saturated heterocycles. The average molecular weight is 403 g/mol. The maximum atomic E-state index is 13.2. The van der Waals surface area contributed by atoms with Gasteiger partial charge in [-0.05, 0) is 60.1 Å². The van der Waals surface area contributed by atoms with Gasteiger partial charge in [-0.25, -0.2) is 4.79 Å². The lowest BCUT2D eigenvalue weighted by Crippen LogP contribution is -2.61. The van der Waals surface area contributed by atoms with Crippen molar-refractivity contribution in [3.05, 3.63) is 34.9 Å². The Morgan fingerprint density at radius 3 is 2.32 bits per heavy atom. The minimum Gasteiger partial charge on any atom is -0.274 e. The van der Waals surface area contributed by atoms with Gasteiger partial charge in [0.05, 0.1) is 0 Å². The molecule has 3 atom stereocenters. The van der Waals surface area contributed by atoms with Gasteiger partial charge in [-0.1, -0.05) is 44.5 Å². The smallest absolute Gasteiger partial charge is 0.274 e. The van der Waals surface area contributed by atoms with E-state index in [-0.39, 0.29) is 35.7 Å². The van der Waals surface area contributed by atoms with Crippen LogP contribution in [0, 0.1) is 16.7 Å². The Labute approximate surface area is 171 Å². The minimum absolute atomic E-state index is 0.0911. The molecule has 2 aliphatic carbocycles. The Morgan fingerprint density at radius 2 is 1.75 bits per heavy atom. The van der Waals surface area contributed by atoms with E-state index in [2.05, 4.69) is 20.8 Å². The fraction of sp³-hybridized carbons (Fsp3) is 0.591. The molecule has 3 fully saturated rings. The summed E-state index contributed by atoms with van der Waals surface area (Å²) in [5.74, 6) is -0.219. The zero-order chi connectivity index (χ0) is 20.3. The third-order valence-corrected chi connectivity index (χ3v) is 8.16. The predicted molar refractivity (Wildman–Crippen MR) is 107 cm³/mol. The number of carbonyl (C=O) groups excluding carboxylic acids is 3. The van der Waals surface area contributed by atoms with Crippen molar-refractivity contribution in [3.8, 4) is 0 Å². The zero-order valence-electron chi connectivity index (χ0n) is 16.7. The van der Waals surface area contributed by atoms with E-state index in [1.54, 1.807) is 12.1 Å². The molecule has 6 heteroatoms. The summed E-state index contributed by atoms with van der Waals surface area (Å²) in [6.45, 7) is 7.00. The second kappa shape index (κ2) is 6.58. The third kappa shape index (κ3) is 2.78. The maximum Gasteiger partial charge on any atom is 0.333 e. The molecule has 4 amide bonds. The number of hydrogen-bond acceptors (Lipinski definition) is 3. The van der Waals surface area contributed by atoms with Gasteiger partial charge in [0.1, 0.15) is 6.42 Å². The standard InChI is InChI=1S/C22H27ClN2O3/c1-21(2)15-8-10-22(21,3)17(12-15)25-19(27)13-18(26)24(20(25)28)11-9-14-4-6-16(23)7-5-14/h4-7,15,17H,8-13H2,1-3H3/t15-,17+,22+/m1/s1. The van der Waals surface area contributed by atoms with Gasteiger partial charge in [-0.2, -0.15) is 0 Å².